The van der Waals surface area contributed by atoms with E-state index in [9.17, 15) is 13.2 Å². The van der Waals surface area contributed by atoms with Crippen LogP contribution >= 0.6 is 0 Å². The maximum Gasteiger partial charge on any atom is 0.490 e. The highest BCUT2D eigenvalue weighted by atomic mass is 19.4. The van der Waals surface area contributed by atoms with E-state index in [4.69, 9.17) is 30.6 Å². The number of rotatable bonds is 4. The summed E-state index contributed by atoms with van der Waals surface area (Å²) in [6, 6.07) is 11.8. The number of benzene rings is 1. The second-order valence-electron chi connectivity index (χ2n) is 7.65. The summed E-state index contributed by atoms with van der Waals surface area (Å²) in [5.41, 5.74) is 9.53. The molecule has 1 aromatic carbocycles. The molecule has 9 nitrogen and oxygen atoms in total. The number of carbonyl (C=O) groups is 1. The van der Waals surface area contributed by atoms with E-state index < -0.39 is 12.1 Å². The fraction of sp³-hybridized carbons (Fsp3) is 0.364. The van der Waals surface area contributed by atoms with Crippen molar-refractivity contribution >= 4 is 23.0 Å². The molecule has 180 valence electrons. The summed E-state index contributed by atoms with van der Waals surface area (Å²) in [5.74, 6) is -1.06. The van der Waals surface area contributed by atoms with Crippen LogP contribution in [0.25, 0.3) is 11.0 Å². The van der Waals surface area contributed by atoms with Gasteiger partial charge >= 0.3 is 12.1 Å². The third kappa shape index (κ3) is 5.93. The first-order chi connectivity index (χ1) is 16.1. The number of halogens is 3. The smallest absolute Gasteiger partial charge is 0.490 e. The monoisotopic (exact) mass is 476 g/mol. The molecule has 0 radical (unpaired) electrons. The van der Waals surface area contributed by atoms with Gasteiger partial charge in [0.05, 0.1) is 35.9 Å². The topological polar surface area (TPSA) is 130 Å². The average Bonchev–Trinajstić information content (AvgIpc) is 3.17. The molecule has 0 amide bonds. The second kappa shape index (κ2) is 10.4. The number of aromatic nitrogens is 3. The van der Waals surface area contributed by atoms with E-state index in [2.05, 4.69) is 20.5 Å². The second-order valence-corrected chi connectivity index (χ2v) is 7.65. The molecule has 1 aliphatic heterocycles. The standard InChI is InChI=1S/C20H22N6O.C2HF3O2/c1-27-17-6-7-18-19(9-17)26(13-16-5-4-14(10-21)11-23-16)20(24-18)25-8-2-3-15(22)12-25;3-2(4,5)1(6)7/h4-7,9,11,15H,2-3,8,12-13,22H2,1H3;(H,6,7)/t15-;/m0./s1. The summed E-state index contributed by atoms with van der Waals surface area (Å²) in [4.78, 5) is 20.5. The number of nitrogens with zero attached hydrogens (tertiary/aromatic N) is 5. The van der Waals surface area contributed by atoms with Crippen molar-refractivity contribution in [2.45, 2.75) is 31.6 Å². The van der Waals surface area contributed by atoms with Crippen LogP contribution in [0, 0.1) is 11.3 Å². The number of alkyl halides is 3. The Bertz CT molecular complexity index is 1190. The number of anilines is 1. The van der Waals surface area contributed by atoms with Gasteiger partial charge in [0.15, 0.2) is 0 Å². The number of imidazole rings is 1. The van der Waals surface area contributed by atoms with Crippen molar-refractivity contribution in [2.24, 2.45) is 5.73 Å². The Kier molecular flexibility index (Phi) is 7.57. The third-order valence-electron chi connectivity index (χ3n) is 5.19. The molecular formula is C22H23F3N6O3. The molecule has 1 atom stereocenters. The van der Waals surface area contributed by atoms with Gasteiger partial charge in [-0.3, -0.25) is 4.98 Å². The molecule has 12 heteroatoms. The summed E-state index contributed by atoms with van der Waals surface area (Å²) >= 11 is 0. The number of pyridine rings is 1. The summed E-state index contributed by atoms with van der Waals surface area (Å²) in [6.07, 6.45) is -1.38. The predicted octanol–water partition coefficient (Wildman–Crippen LogP) is 2.92. The molecule has 34 heavy (non-hydrogen) atoms. The summed E-state index contributed by atoms with van der Waals surface area (Å²) in [5, 5.41) is 16.1. The molecule has 1 saturated heterocycles. The van der Waals surface area contributed by atoms with Crippen molar-refractivity contribution in [3.05, 3.63) is 47.8 Å². The Hall–Kier alpha value is -3.85. The van der Waals surface area contributed by atoms with Crippen LogP contribution < -0.4 is 15.4 Å². The van der Waals surface area contributed by atoms with Crippen LogP contribution in [0.4, 0.5) is 19.1 Å². The highest BCUT2D eigenvalue weighted by Gasteiger charge is 2.38. The van der Waals surface area contributed by atoms with Crippen LogP contribution in [-0.4, -0.2) is 58.0 Å². The maximum atomic E-state index is 10.6. The summed E-state index contributed by atoms with van der Waals surface area (Å²) in [7, 11) is 1.66. The summed E-state index contributed by atoms with van der Waals surface area (Å²) < 4.78 is 39.3. The Morgan fingerprint density at radius 3 is 2.65 bits per heavy atom. The number of piperidine rings is 1. The van der Waals surface area contributed by atoms with Gasteiger partial charge in [0.2, 0.25) is 5.95 Å². The van der Waals surface area contributed by atoms with Crippen molar-refractivity contribution in [3.63, 3.8) is 0 Å². The highest BCUT2D eigenvalue weighted by molar-refractivity contribution is 5.80. The minimum atomic E-state index is -5.08. The molecule has 3 aromatic rings. The number of hydrogen-bond acceptors (Lipinski definition) is 7. The maximum absolute atomic E-state index is 10.6. The number of hydrogen-bond donors (Lipinski definition) is 2. The van der Waals surface area contributed by atoms with E-state index in [1.54, 1.807) is 19.4 Å². The Balaban J connectivity index is 0.000000406. The van der Waals surface area contributed by atoms with Crippen LogP contribution in [0.5, 0.6) is 5.75 Å². The van der Waals surface area contributed by atoms with E-state index in [0.717, 1.165) is 54.4 Å². The lowest BCUT2D eigenvalue weighted by Gasteiger charge is -2.32. The number of fused-ring (bicyclic) bond motifs is 1. The lowest BCUT2D eigenvalue weighted by atomic mass is 10.1. The minimum absolute atomic E-state index is 0.162. The van der Waals surface area contributed by atoms with Gasteiger partial charge < -0.3 is 25.0 Å². The number of methoxy groups -OCH3 is 1. The highest BCUT2D eigenvalue weighted by Crippen LogP contribution is 2.28. The Labute approximate surface area is 193 Å². The van der Waals surface area contributed by atoms with E-state index >= 15 is 0 Å². The zero-order chi connectivity index (χ0) is 24.9. The molecule has 2 aromatic heterocycles. The molecular weight excluding hydrogens is 453 g/mol. The van der Waals surface area contributed by atoms with Crippen LogP contribution in [0.1, 0.15) is 24.1 Å². The lowest BCUT2D eigenvalue weighted by molar-refractivity contribution is -0.192. The molecule has 4 rings (SSSR count). The van der Waals surface area contributed by atoms with Gasteiger partial charge in [-0.15, -0.1) is 0 Å². The van der Waals surface area contributed by atoms with Crippen LogP contribution in [0.15, 0.2) is 36.5 Å². The normalized spacial score (nSPS) is 15.9. The van der Waals surface area contributed by atoms with Crippen LogP contribution in [0.3, 0.4) is 0 Å². The van der Waals surface area contributed by atoms with Gasteiger partial charge in [-0.2, -0.15) is 18.4 Å². The molecule has 0 aliphatic carbocycles. The van der Waals surface area contributed by atoms with Crippen molar-refractivity contribution in [1.29, 1.82) is 5.26 Å². The van der Waals surface area contributed by atoms with Gasteiger partial charge in [-0.1, -0.05) is 0 Å². The van der Waals surface area contributed by atoms with Crippen molar-refractivity contribution in [2.75, 3.05) is 25.1 Å². The van der Waals surface area contributed by atoms with Gasteiger partial charge in [-0.05, 0) is 37.1 Å². The lowest BCUT2D eigenvalue weighted by Crippen LogP contribution is -2.44. The molecule has 1 aliphatic rings. The van der Waals surface area contributed by atoms with Crippen molar-refractivity contribution in [3.8, 4) is 11.8 Å². The van der Waals surface area contributed by atoms with Gasteiger partial charge in [0, 0.05) is 31.4 Å². The van der Waals surface area contributed by atoms with Crippen LogP contribution in [0.2, 0.25) is 0 Å². The number of carboxylic acid groups (broad SMARTS) is 1. The fourth-order valence-corrected chi connectivity index (χ4v) is 3.55. The number of carboxylic acids is 1. The van der Waals surface area contributed by atoms with Crippen LogP contribution in [-0.2, 0) is 11.3 Å². The largest absolute Gasteiger partial charge is 0.497 e. The molecule has 0 saturated carbocycles. The average molecular weight is 476 g/mol. The number of ether oxygens (including phenoxy) is 1. The zero-order valence-electron chi connectivity index (χ0n) is 18.3. The fourth-order valence-electron chi connectivity index (χ4n) is 3.55. The number of nitrogens with two attached hydrogens (primary N) is 1. The molecule has 3 heterocycles. The molecule has 0 unspecified atom stereocenters. The zero-order valence-corrected chi connectivity index (χ0v) is 18.3. The Morgan fingerprint density at radius 1 is 1.35 bits per heavy atom. The molecule has 0 spiro atoms. The van der Waals surface area contributed by atoms with Gasteiger partial charge in [-0.25, -0.2) is 9.78 Å². The number of nitriles is 1. The first kappa shape index (κ1) is 24.8. The Morgan fingerprint density at radius 2 is 2.09 bits per heavy atom. The molecule has 1 fully saturated rings. The van der Waals surface area contributed by atoms with E-state index in [1.165, 1.54) is 0 Å². The SMILES string of the molecule is COc1ccc2nc(N3CCC[C@H](N)C3)n(Cc3ccc(C#N)cn3)c2c1.O=C(O)C(F)(F)F. The third-order valence-corrected chi connectivity index (χ3v) is 5.19. The van der Waals surface area contributed by atoms with Crippen molar-refractivity contribution in [1.82, 2.24) is 14.5 Å². The molecule has 0 bridgehead atoms. The van der Waals surface area contributed by atoms with E-state index in [-0.39, 0.29) is 6.04 Å². The van der Waals surface area contributed by atoms with Crippen molar-refractivity contribution < 1.29 is 27.8 Å². The van der Waals surface area contributed by atoms with E-state index in [0.29, 0.717) is 12.1 Å². The van der Waals surface area contributed by atoms with Gasteiger partial charge in [0.25, 0.3) is 0 Å². The minimum Gasteiger partial charge on any atom is -0.497 e. The van der Waals surface area contributed by atoms with E-state index in [1.807, 2.05) is 24.3 Å². The predicted molar refractivity (Wildman–Crippen MR) is 117 cm³/mol. The quantitative estimate of drug-likeness (QED) is 0.588. The molecule has 3 N–H and O–H groups in total. The summed E-state index contributed by atoms with van der Waals surface area (Å²) in [6.45, 7) is 2.30. The number of aliphatic carboxylic acids is 1. The van der Waals surface area contributed by atoms with Gasteiger partial charge in [0.1, 0.15) is 11.8 Å². The first-order valence-corrected chi connectivity index (χ1v) is 10.3. The first-order valence-electron chi connectivity index (χ1n) is 10.3.